The lowest BCUT2D eigenvalue weighted by atomic mass is 10.1. The van der Waals surface area contributed by atoms with E-state index < -0.39 is 0 Å². The summed E-state index contributed by atoms with van der Waals surface area (Å²) in [5, 5.41) is 3.81. The normalized spacial score (nSPS) is 11.2. The minimum absolute atomic E-state index is 0.256. The highest BCUT2D eigenvalue weighted by Gasteiger charge is 2.04. The predicted octanol–water partition coefficient (Wildman–Crippen LogP) is 1.77. The van der Waals surface area contributed by atoms with Gasteiger partial charge in [0.1, 0.15) is 5.82 Å². The van der Waals surface area contributed by atoms with Crippen LogP contribution in [0.25, 0.3) is 6.08 Å². The summed E-state index contributed by atoms with van der Waals surface area (Å²) < 4.78 is 17.7. The zero-order chi connectivity index (χ0) is 12.1. The molecule has 1 heterocycles. The molecule has 2 aromatic rings. The number of rotatable bonds is 4. The molecule has 4 nitrogen and oxygen atoms in total. The summed E-state index contributed by atoms with van der Waals surface area (Å²) in [5.74, 6) is 0.731. The van der Waals surface area contributed by atoms with Crippen molar-refractivity contribution in [1.29, 1.82) is 0 Å². The molecule has 0 aliphatic heterocycles. The van der Waals surface area contributed by atoms with Crippen LogP contribution in [-0.4, -0.2) is 16.7 Å². The molecule has 0 aliphatic carbocycles. The molecular formula is C12H12FN3O. The largest absolute Gasteiger partial charge is 0.335 e. The number of hydrogen-bond donors (Lipinski definition) is 1. The Morgan fingerprint density at radius 2 is 2.06 bits per heavy atom. The Morgan fingerprint density at radius 1 is 1.29 bits per heavy atom. The Balaban J connectivity index is 2.06. The fourth-order valence-corrected chi connectivity index (χ4v) is 1.36. The van der Waals surface area contributed by atoms with Gasteiger partial charge in [-0.2, -0.15) is 4.98 Å². The van der Waals surface area contributed by atoms with E-state index in [1.807, 2.05) is 0 Å². The fourth-order valence-electron chi connectivity index (χ4n) is 1.36. The van der Waals surface area contributed by atoms with Crippen molar-refractivity contribution < 1.29 is 8.91 Å². The van der Waals surface area contributed by atoms with Crippen LogP contribution in [0.5, 0.6) is 0 Å². The number of nitrogens with zero attached hydrogens (tertiary/aromatic N) is 2. The first-order chi connectivity index (χ1) is 8.28. The van der Waals surface area contributed by atoms with Crippen molar-refractivity contribution in [2.24, 2.45) is 5.73 Å². The van der Waals surface area contributed by atoms with Gasteiger partial charge in [0, 0.05) is 19.0 Å². The van der Waals surface area contributed by atoms with Crippen LogP contribution < -0.4 is 5.73 Å². The minimum atomic E-state index is -0.256. The van der Waals surface area contributed by atoms with Crippen molar-refractivity contribution in [3.05, 3.63) is 53.4 Å². The van der Waals surface area contributed by atoms with Gasteiger partial charge < -0.3 is 10.3 Å². The van der Waals surface area contributed by atoms with Crippen LogP contribution in [0.4, 0.5) is 4.39 Å². The van der Waals surface area contributed by atoms with E-state index in [2.05, 4.69) is 10.1 Å². The van der Waals surface area contributed by atoms with Gasteiger partial charge in [0.25, 0.3) is 0 Å². The minimum Gasteiger partial charge on any atom is -0.335 e. The molecule has 0 saturated heterocycles. The number of hydrogen-bond acceptors (Lipinski definition) is 4. The number of nitrogens with two attached hydrogens (primary N) is 1. The SMILES string of the molecule is NC/C=C/c1nc(Cc2ccc(F)cc2)no1. The standard InChI is InChI=1S/C12H12FN3O/c13-10-5-3-9(4-6-10)8-11-15-12(17-16-11)2-1-7-14/h1-6H,7-8,14H2/b2-1+. The number of halogens is 1. The molecule has 0 saturated carbocycles. The Labute approximate surface area is 97.9 Å². The lowest BCUT2D eigenvalue weighted by molar-refractivity contribution is 0.404. The van der Waals surface area contributed by atoms with E-state index in [1.165, 1.54) is 12.1 Å². The highest BCUT2D eigenvalue weighted by atomic mass is 19.1. The molecule has 2 N–H and O–H groups in total. The van der Waals surface area contributed by atoms with Gasteiger partial charge in [0.15, 0.2) is 5.82 Å². The zero-order valence-corrected chi connectivity index (χ0v) is 9.14. The molecule has 88 valence electrons. The average Bonchev–Trinajstić information content (AvgIpc) is 2.77. The molecular weight excluding hydrogens is 221 g/mol. The highest BCUT2D eigenvalue weighted by molar-refractivity contribution is 5.37. The third-order valence-electron chi connectivity index (χ3n) is 2.16. The molecule has 1 aromatic heterocycles. The van der Waals surface area contributed by atoms with Crippen LogP contribution in [0.3, 0.4) is 0 Å². The summed E-state index contributed by atoms with van der Waals surface area (Å²) in [7, 11) is 0. The van der Waals surface area contributed by atoms with Crippen LogP contribution in [0.2, 0.25) is 0 Å². The maximum Gasteiger partial charge on any atom is 0.250 e. The summed E-state index contributed by atoms with van der Waals surface area (Å²) in [6, 6.07) is 6.21. The van der Waals surface area contributed by atoms with Crippen molar-refractivity contribution in [3.63, 3.8) is 0 Å². The smallest absolute Gasteiger partial charge is 0.250 e. The third-order valence-corrected chi connectivity index (χ3v) is 2.16. The molecule has 0 amide bonds. The fraction of sp³-hybridized carbons (Fsp3) is 0.167. The van der Waals surface area contributed by atoms with E-state index in [0.29, 0.717) is 24.7 Å². The first kappa shape index (κ1) is 11.5. The summed E-state index contributed by atoms with van der Waals surface area (Å²) in [5.41, 5.74) is 6.24. The molecule has 0 bridgehead atoms. The average molecular weight is 233 g/mol. The van der Waals surface area contributed by atoms with Crippen LogP contribution in [0.15, 0.2) is 34.9 Å². The van der Waals surface area contributed by atoms with E-state index in [4.69, 9.17) is 10.3 Å². The van der Waals surface area contributed by atoms with E-state index in [-0.39, 0.29) is 5.82 Å². The molecule has 5 heteroatoms. The summed E-state index contributed by atoms with van der Waals surface area (Å²) in [6.07, 6.45) is 3.91. The van der Waals surface area contributed by atoms with Crippen molar-refractivity contribution in [2.75, 3.05) is 6.54 Å². The quantitative estimate of drug-likeness (QED) is 0.874. The summed E-state index contributed by atoms with van der Waals surface area (Å²) in [4.78, 5) is 4.15. The molecule has 1 aromatic carbocycles. The van der Waals surface area contributed by atoms with Crippen LogP contribution in [0, 0.1) is 5.82 Å². The van der Waals surface area contributed by atoms with Crippen molar-refractivity contribution in [2.45, 2.75) is 6.42 Å². The number of benzene rings is 1. The van der Waals surface area contributed by atoms with E-state index in [0.717, 1.165) is 5.56 Å². The second-order valence-electron chi connectivity index (χ2n) is 3.49. The van der Waals surface area contributed by atoms with Gasteiger partial charge in [-0.25, -0.2) is 4.39 Å². The highest BCUT2D eigenvalue weighted by Crippen LogP contribution is 2.08. The van der Waals surface area contributed by atoms with Gasteiger partial charge in [0.05, 0.1) is 0 Å². The lowest BCUT2D eigenvalue weighted by Crippen LogP contribution is -1.92. The maximum atomic E-state index is 12.7. The first-order valence-electron chi connectivity index (χ1n) is 5.21. The third kappa shape index (κ3) is 3.22. The Bertz CT molecular complexity index is 505. The second-order valence-corrected chi connectivity index (χ2v) is 3.49. The molecule has 17 heavy (non-hydrogen) atoms. The van der Waals surface area contributed by atoms with E-state index >= 15 is 0 Å². The van der Waals surface area contributed by atoms with Crippen LogP contribution in [-0.2, 0) is 6.42 Å². The molecule has 2 rings (SSSR count). The summed E-state index contributed by atoms with van der Waals surface area (Å²) in [6.45, 7) is 0.426. The Kier molecular flexibility index (Phi) is 3.62. The molecule has 0 fully saturated rings. The van der Waals surface area contributed by atoms with Crippen molar-refractivity contribution in [1.82, 2.24) is 10.1 Å². The van der Waals surface area contributed by atoms with Crippen molar-refractivity contribution in [3.8, 4) is 0 Å². The molecule has 0 radical (unpaired) electrons. The Hall–Kier alpha value is -2.01. The maximum absolute atomic E-state index is 12.7. The molecule has 0 spiro atoms. The van der Waals surface area contributed by atoms with E-state index in [9.17, 15) is 4.39 Å². The van der Waals surface area contributed by atoms with E-state index in [1.54, 1.807) is 24.3 Å². The first-order valence-corrected chi connectivity index (χ1v) is 5.21. The van der Waals surface area contributed by atoms with Gasteiger partial charge in [-0.15, -0.1) is 0 Å². The van der Waals surface area contributed by atoms with Crippen LogP contribution >= 0.6 is 0 Å². The lowest BCUT2D eigenvalue weighted by Gasteiger charge is -1.95. The van der Waals surface area contributed by atoms with Gasteiger partial charge in [0.2, 0.25) is 5.89 Å². The van der Waals surface area contributed by atoms with Crippen molar-refractivity contribution >= 4 is 6.08 Å². The molecule has 0 aliphatic rings. The Morgan fingerprint density at radius 3 is 2.76 bits per heavy atom. The number of aromatic nitrogens is 2. The monoisotopic (exact) mass is 233 g/mol. The van der Waals surface area contributed by atoms with Gasteiger partial charge >= 0.3 is 0 Å². The van der Waals surface area contributed by atoms with Crippen LogP contribution in [0.1, 0.15) is 17.3 Å². The summed E-state index contributed by atoms with van der Waals surface area (Å²) >= 11 is 0. The molecule has 0 unspecified atom stereocenters. The zero-order valence-electron chi connectivity index (χ0n) is 9.14. The topological polar surface area (TPSA) is 64.9 Å². The second kappa shape index (κ2) is 5.36. The van der Waals surface area contributed by atoms with Gasteiger partial charge in [-0.1, -0.05) is 23.4 Å². The van der Waals surface area contributed by atoms with Gasteiger partial charge in [-0.05, 0) is 17.7 Å². The predicted molar refractivity (Wildman–Crippen MR) is 61.6 cm³/mol. The molecule has 0 atom stereocenters. The van der Waals surface area contributed by atoms with Gasteiger partial charge in [-0.3, -0.25) is 0 Å².